The third kappa shape index (κ3) is 18.1. The number of rotatable bonds is 24. The minimum atomic E-state index is -1.99. The number of nitrogens with one attached hydrogen (secondary N) is 1. The second kappa shape index (κ2) is 22.9. The zero-order valence-electron chi connectivity index (χ0n) is 22.8. The minimum absolute atomic E-state index is 0.108. The van der Waals surface area contributed by atoms with Crippen LogP contribution in [0.4, 0.5) is 0 Å². The summed E-state index contributed by atoms with van der Waals surface area (Å²) >= 11 is 0. The maximum Gasteiger partial charge on any atom is 0.330 e. The first-order chi connectivity index (χ1) is 17.6. The van der Waals surface area contributed by atoms with E-state index in [1.165, 1.54) is 51.4 Å². The molecule has 8 heteroatoms. The molecule has 208 valence electrons. The van der Waals surface area contributed by atoms with Crippen LogP contribution in [0, 0.1) is 0 Å². The molecule has 2 unspecified atom stereocenters. The standard InChI is InChI=1S/C28H50NO6P/c1-4-6-7-8-9-10-11-12-13-22-32-26-18-15-25(16-19-26)17-20-27(35-28(30)14-5-2)24-34-36(31)33-23-21-29-3/h15-16,18-19,27,29,31H,4-14,17,20-24H2,1-3H3. The Morgan fingerprint density at radius 3 is 2.22 bits per heavy atom. The first kappa shape index (κ1) is 32.8. The van der Waals surface area contributed by atoms with Crippen LogP contribution in [0.25, 0.3) is 0 Å². The van der Waals surface area contributed by atoms with E-state index in [1.807, 2.05) is 26.1 Å². The molecule has 0 bridgehead atoms. The van der Waals surface area contributed by atoms with E-state index in [1.54, 1.807) is 0 Å². The molecule has 0 fully saturated rings. The van der Waals surface area contributed by atoms with Gasteiger partial charge in [0.05, 0.1) is 19.8 Å². The smallest absolute Gasteiger partial charge is 0.330 e. The Hall–Kier alpha value is -1.24. The third-order valence-electron chi connectivity index (χ3n) is 5.87. The molecule has 0 spiro atoms. The topological polar surface area (TPSA) is 86.2 Å². The Labute approximate surface area is 220 Å². The van der Waals surface area contributed by atoms with E-state index in [-0.39, 0.29) is 12.6 Å². The van der Waals surface area contributed by atoms with Crippen molar-refractivity contribution in [2.75, 3.05) is 33.4 Å². The van der Waals surface area contributed by atoms with Gasteiger partial charge in [-0.3, -0.25) is 4.79 Å². The van der Waals surface area contributed by atoms with Crippen molar-refractivity contribution >= 4 is 14.6 Å². The number of esters is 1. The van der Waals surface area contributed by atoms with Gasteiger partial charge in [0.25, 0.3) is 0 Å². The van der Waals surface area contributed by atoms with Gasteiger partial charge in [-0.2, -0.15) is 0 Å². The normalized spacial score (nSPS) is 12.9. The van der Waals surface area contributed by atoms with Crippen molar-refractivity contribution in [3.05, 3.63) is 29.8 Å². The van der Waals surface area contributed by atoms with Crippen LogP contribution in [0.2, 0.25) is 0 Å². The van der Waals surface area contributed by atoms with E-state index in [0.29, 0.717) is 26.0 Å². The van der Waals surface area contributed by atoms with Gasteiger partial charge in [-0.1, -0.05) is 77.3 Å². The Balaban J connectivity index is 2.31. The van der Waals surface area contributed by atoms with Crippen LogP contribution in [-0.2, 0) is 25.0 Å². The summed E-state index contributed by atoms with van der Waals surface area (Å²) in [6.07, 6.45) is 13.7. The molecular weight excluding hydrogens is 477 g/mol. The number of carbonyl (C=O) groups excluding carboxylic acids is 1. The number of likely N-dealkylation sites (N-methyl/N-ethyl adjacent to an activating group) is 1. The average molecular weight is 528 g/mol. The van der Waals surface area contributed by atoms with Gasteiger partial charge >= 0.3 is 14.6 Å². The Morgan fingerprint density at radius 1 is 0.917 bits per heavy atom. The molecule has 36 heavy (non-hydrogen) atoms. The third-order valence-corrected chi connectivity index (χ3v) is 6.65. The van der Waals surface area contributed by atoms with Gasteiger partial charge in [-0.05, 0) is 50.4 Å². The molecule has 0 aliphatic heterocycles. The summed E-state index contributed by atoms with van der Waals surface area (Å²) < 4.78 is 22.1. The maximum atomic E-state index is 12.0. The fraction of sp³-hybridized carbons (Fsp3) is 0.750. The van der Waals surface area contributed by atoms with Crippen molar-refractivity contribution in [3.8, 4) is 5.75 Å². The first-order valence-corrected chi connectivity index (χ1v) is 15.0. The predicted molar refractivity (Wildman–Crippen MR) is 147 cm³/mol. The summed E-state index contributed by atoms with van der Waals surface area (Å²) in [5, 5.41) is 2.94. The highest BCUT2D eigenvalue weighted by atomic mass is 31.2. The lowest BCUT2D eigenvalue weighted by Gasteiger charge is -2.19. The van der Waals surface area contributed by atoms with Gasteiger partial charge in [0.15, 0.2) is 0 Å². The van der Waals surface area contributed by atoms with Crippen LogP contribution in [-0.4, -0.2) is 50.4 Å². The highest BCUT2D eigenvalue weighted by Gasteiger charge is 2.18. The number of hydrogen-bond acceptors (Lipinski definition) is 7. The minimum Gasteiger partial charge on any atom is -0.494 e. The maximum absolute atomic E-state index is 12.0. The number of hydrogen-bond donors (Lipinski definition) is 2. The fourth-order valence-corrected chi connectivity index (χ4v) is 4.33. The summed E-state index contributed by atoms with van der Waals surface area (Å²) in [7, 11) is -0.180. The molecule has 1 aromatic carbocycles. The SMILES string of the molecule is CCCCCCCCCCCOc1ccc(CCC(COP(O)OCCNC)OC(=O)CCC)cc1. The molecule has 1 rings (SSSR count). The van der Waals surface area contributed by atoms with Gasteiger partial charge in [-0.25, -0.2) is 0 Å². The van der Waals surface area contributed by atoms with Crippen LogP contribution in [0.1, 0.15) is 96.5 Å². The van der Waals surface area contributed by atoms with Crippen molar-refractivity contribution in [1.29, 1.82) is 0 Å². The molecule has 0 radical (unpaired) electrons. The van der Waals surface area contributed by atoms with Crippen molar-refractivity contribution in [2.45, 2.75) is 103 Å². The predicted octanol–water partition coefficient (Wildman–Crippen LogP) is 6.71. The molecule has 0 saturated carbocycles. The van der Waals surface area contributed by atoms with E-state index in [9.17, 15) is 9.69 Å². The molecule has 7 nitrogen and oxygen atoms in total. The lowest BCUT2D eigenvalue weighted by atomic mass is 10.1. The van der Waals surface area contributed by atoms with E-state index >= 15 is 0 Å². The van der Waals surface area contributed by atoms with Crippen LogP contribution in [0.5, 0.6) is 5.75 Å². The lowest BCUT2D eigenvalue weighted by Crippen LogP contribution is -2.24. The quantitative estimate of drug-likeness (QED) is 0.0877. The van der Waals surface area contributed by atoms with Gasteiger partial charge < -0.3 is 28.7 Å². The second-order valence-electron chi connectivity index (χ2n) is 9.19. The van der Waals surface area contributed by atoms with Gasteiger partial charge in [0.1, 0.15) is 11.9 Å². The van der Waals surface area contributed by atoms with Crippen LogP contribution < -0.4 is 10.1 Å². The highest BCUT2D eigenvalue weighted by Crippen LogP contribution is 2.33. The van der Waals surface area contributed by atoms with Crippen LogP contribution in [0.3, 0.4) is 0 Å². The highest BCUT2D eigenvalue weighted by molar-refractivity contribution is 7.40. The number of aryl methyl sites for hydroxylation is 1. The van der Waals surface area contributed by atoms with Crippen molar-refractivity contribution in [3.63, 3.8) is 0 Å². The average Bonchev–Trinajstić information content (AvgIpc) is 2.88. The van der Waals surface area contributed by atoms with Crippen molar-refractivity contribution in [1.82, 2.24) is 5.32 Å². The number of unbranched alkanes of at least 4 members (excludes halogenated alkanes) is 8. The van der Waals surface area contributed by atoms with Gasteiger partial charge in [0.2, 0.25) is 0 Å². The molecule has 0 aliphatic rings. The summed E-state index contributed by atoms with van der Waals surface area (Å²) in [5.74, 6) is 0.641. The molecular formula is C28H50NO6P. The number of carbonyl (C=O) groups is 1. The summed E-state index contributed by atoms with van der Waals surface area (Å²) in [6, 6.07) is 8.11. The lowest BCUT2D eigenvalue weighted by molar-refractivity contribution is -0.151. The number of ether oxygens (including phenoxy) is 2. The van der Waals surface area contributed by atoms with Crippen LogP contribution >= 0.6 is 8.60 Å². The monoisotopic (exact) mass is 527 g/mol. The second-order valence-corrected chi connectivity index (χ2v) is 10.2. The zero-order chi connectivity index (χ0) is 26.3. The first-order valence-electron chi connectivity index (χ1n) is 13.9. The fourth-order valence-electron chi connectivity index (χ4n) is 3.72. The van der Waals surface area contributed by atoms with Gasteiger partial charge in [-0.15, -0.1) is 0 Å². The van der Waals surface area contributed by atoms with E-state index in [4.69, 9.17) is 18.5 Å². The summed E-state index contributed by atoms with van der Waals surface area (Å²) in [4.78, 5) is 21.9. The van der Waals surface area contributed by atoms with E-state index in [2.05, 4.69) is 24.4 Å². The van der Waals surface area contributed by atoms with Crippen molar-refractivity contribution < 1.29 is 28.2 Å². The molecule has 0 aliphatic carbocycles. The molecule has 1 aromatic rings. The molecule has 0 aromatic heterocycles. The van der Waals surface area contributed by atoms with Crippen LogP contribution in [0.15, 0.2) is 24.3 Å². The Bertz CT molecular complexity index is 645. The Morgan fingerprint density at radius 2 is 1.58 bits per heavy atom. The summed E-state index contributed by atoms with van der Waals surface area (Å²) in [6.45, 7) is 6.03. The molecule has 2 N–H and O–H groups in total. The van der Waals surface area contributed by atoms with Crippen molar-refractivity contribution in [2.24, 2.45) is 0 Å². The molecule has 2 atom stereocenters. The van der Waals surface area contributed by atoms with E-state index < -0.39 is 14.7 Å². The summed E-state index contributed by atoms with van der Waals surface area (Å²) in [5.41, 5.74) is 1.14. The molecule has 0 heterocycles. The van der Waals surface area contributed by atoms with E-state index in [0.717, 1.165) is 37.2 Å². The Kier molecular flexibility index (Phi) is 20.9. The molecule has 0 saturated heterocycles. The van der Waals surface area contributed by atoms with Gasteiger partial charge in [0, 0.05) is 13.0 Å². The zero-order valence-corrected chi connectivity index (χ0v) is 23.7. The largest absolute Gasteiger partial charge is 0.494 e. The molecule has 0 amide bonds. The number of benzene rings is 1.